The number of nitrogens with two attached hydrogens (primary N) is 1. The molecule has 2 aromatic heterocycles. The maximum Gasteiger partial charge on any atom is 0.316 e. The van der Waals surface area contributed by atoms with E-state index < -0.39 is 0 Å². The molecule has 0 atom stereocenters. The van der Waals surface area contributed by atoms with E-state index in [2.05, 4.69) is 29.7 Å². The minimum absolute atomic E-state index is 0.117. The van der Waals surface area contributed by atoms with Crippen molar-refractivity contribution in [2.75, 3.05) is 54.9 Å². The van der Waals surface area contributed by atoms with Crippen molar-refractivity contribution in [2.24, 2.45) is 0 Å². The van der Waals surface area contributed by atoms with Crippen LogP contribution < -0.4 is 20.3 Å². The summed E-state index contributed by atoms with van der Waals surface area (Å²) in [6.07, 6.45) is 5.26. The van der Waals surface area contributed by atoms with E-state index in [1.165, 1.54) is 0 Å². The molecule has 0 unspecified atom stereocenters. The molecule has 4 rings (SSSR count). The van der Waals surface area contributed by atoms with Crippen molar-refractivity contribution >= 4 is 17.6 Å². The van der Waals surface area contributed by atoms with Gasteiger partial charge in [0.05, 0.1) is 13.2 Å². The standard InChI is InChI=1S/C17H23N7O2/c18-16-21-14(12-15(22-16)24-8-10-25-11-9-24)23-6-2-13(3-7-23)26-17-19-4-1-5-20-17/h1,4-5,12-13H,2-3,6-11H2,(H2,18,21,22). The van der Waals surface area contributed by atoms with Crippen LogP contribution in [0.15, 0.2) is 24.5 Å². The molecule has 2 fully saturated rings. The molecule has 138 valence electrons. The van der Waals surface area contributed by atoms with Crippen molar-refractivity contribution in [1.82, 2.24) is 19.9 Å². The van der Waals surface area contributed by atoms with E-state index >= 15 is 0 Å². The number of ether oxygens (including phenoxy) is 2. The maximum absolute atomic E-state index is 5.95. The molecule has 2 aliphatic rings. The van der Waals surface area contributed by atoms with Crippen molar-refractivity contribution in [3.63, 3.8) is 0 Å². The third kappa shape index (κ3) is 3.93. The number of hydrogen-bond acceptors (Lipinski definition) is 9. The summed E-state index contributed by atoms with van der Waals surface area (Å²) in [5.41, 5.74) is 5.95. The van der Waals surface area contributed by atoms with Crippen molar-refractivity contribution in [3.8, 4) is 6.01 Å². The lowest BCUT2D eigenvalue weighted by molar-refractivity contribution is 0.122. The molecule has 9 heteroatoms. The van der Waals surface area contributed by atoms with Crippen LogP contribution in [-0.4, -0.2) is 65.4 Å². The fourth-order valence-corrected chi connectivity index (χ4v) is 3.25. The van der Waals surface area contributed by atoms with Crippen LogP contribution in [0.2, 0.25) is 0 Å². The Morgan fingerprint density at radius 3 is 2.23 bits per heavy atom. The highest BCUT2D eigenvalue weighted by atomic mass is 16.5. The van der Waals surface area contributed by atoms with Gasteiger partial charge in [-0.1, -0.05) is 0 Å². The van der Waals surface area contributed by atoms with Crippen LogP contribution in [0.25, 0.3) is 0 Å². The van der Waals surface area contributed by atoms with E-state index in [1.807, 2.05) is 6.07 Å². The second kappa shape index (κ2) is 7.69. The minimum Gasteiger partial charge on any atom is -0.460 e. The predicted octanol–water partition coefficient (Wildman–Crippen LogP) is 0.733. The van der Waals surface area contributed by atoms with Gasteiger partial charge in [-0.25, -0.2) is 9.97 Å². The number of rotatable bonds is 4. The molecular weight excluding hydrogens is 334 g/mol. The van der Waals surface area contributed by atoms with Gasteiger partial charge in [0, 0.05) is 57.5 Å². The molecule has 0 bridgehead atoms. The predicted molar refractivity (Wildman–Crippen MR) is 97.4 cm³/mol. The number of piperidine rings is 1. The Bertz CT molecular complexity index is 716. The van der Waals surface area contributed by atoms with E-state index in [0.717, 1.165) is 50.7 Å². The van der Waals surface area contributed by atoms with Crippen LogP contribution >= 0.6 is 0 Å². The van der Waals surface area contributed by atoms with Gasteiger partial charge in [0.25, 0.3) is 0 Å². The second-order valence-electron chi connectivity index (χ2n) is 6.38. The Labute approximate surface area is 152 Å². The summed E-state index contributed by atoms with van der Waals surface area (Å²) in [5.74, 6) is 2.04. The Morgan fingerprint density at radius 1 is 0.962 bits per heavy atom. The molecule has 2 aromatic rings. The molecule has 4 heterocycles. The lowest BCUT2D eigenvalue weighted by atomic mass is 10.1. The summed E-state index contributed by atoms with van der Waals surface area (Å²) in [6, 6.07) is 4.23. The maximum atomic E-state index is 5.95. The summed E-state index contributed by atoms with van der Waals surface area (Å²) >= 11 is 0. The van der Waals surface area contributed by atoms with E-state index in [-0.39, 0.29) is 6.10 Å². The molecule has 0 aromatic carbocycles. The first-order valence-electron chi connectivity index (χ1n) is 8.94. The van der Waals surface area contributed by atoms with Crippen LogP contribution in [0.5, 0.6) is 6.01 Å². The van der Waals surface area contributed by atoms with Crippen molar-refractivity contribution in [3.05, 3.63) is 24.5 Å². The number of nitrogen functional groups attached to an aromatic ring is 1. The fourth-order valence-electron chi connectivity index (χ4n) is 3.25. The van der Waals surface area contributed by atoms with Crippen LogP contribution in [-0.2, 0) is 4.74 Å². The van der Waals surface area contributed by atoms with E-state index in [1.54, 1.807) is 18.5 Å². The zero-order chi connectivity index (χ0) is 17.8. The summed E-state index contributed by atoms with van der Waals surface area (Å²) in [4.78, 5) is 21.5. The van der Waals surface area contributed by atoms with Crippen LogP contribution in [0.1, 0.15) is 12.8 Å². The zero-order valence-electron chi connectivity index (χ0n) is 14.6. The van der Waals surface area contributed by atoms with Gasteiger partial charge in [-0.05, 0) is 6.07 Å². The van der Waals surface area contributed by atoms with Gasteiger partial charge >= 0.3 is 6.01 Å². The highest BCUT2D eigenvalue weighted by Crippen LogP contribution is 2.25. The number of morpholine rings is 1. The smallest absolute Gasteiger partial charge is 0.316 e. The number of aromatic nitrogens is 4. The van der Waals surface area contributed by atoms with Gasteiger partial charge in [0.15, 0.2) is 0 Å². The van der Waals surface area contributed by atoms with Gasteiger partial charge in [0.2, 0.25) is 5.95 Å². The van der Waals surface area contributed by atoms with Gasteiger partial charge in [-0.15, -0.1) is 0 Å². The Balaban J connectivity index is 1.40. The Morgan fingerprint density at radius 2 is 1.58 bits per heavy atom. The molecular formula is C17H23N7O2. The number of anilines is 3. The Kier molecular flexibility index (Phi) is 4.96. The molecule has 0 spiro atoms. The SMILES string of the molecule is Nc1nc(N2CCOCC2)cc(N2CCC(Oc3ncccn3)CC2)n1. The fraction of sp³-hybridized carbons (Fsp3) is 0.529. The highest BCUT2D eigenvalue weighted by Gasteiger charge is 2.24. The molecule has 0 aliphatic carbocycles. The van der Waals surface area contributed by atoms with Crippen molar-refractivity contribution < 1.29 is 9.47 Å². The summed E-state index contributed by atoms with van der Waals surface area (Å²) < 4.78 is 11.3. The number of nitrogens with zero attached hydrogens (tertiary/aromatic N) is 6. The minimum atomic E-state index is 0.117. The molecule has 0 radical (unpaired) electrons. The third-order valence-electron chi connectivity index (χ3n) is 4.63. The average Bonchev–Trinajstić information content (AvgIpc) is 2.70. The number of hydrogen-bond donors (Lipinski definition) is 1. The first-order valence-corrected chi connectivity index (χ1v) is 8.94. The van der Waals surface area contributed by atoms with Crippen LogP contribution in [0.4, 0.5) is 17.6 Å². The first kappa shape index (κ1) is 16.8. The monoisotopic (exact) mass is 357 g/mol. The van der Waals surface area contributed by atoms with Gasteiger partial charge in [0.1, 0.15) is 17.7 Å². The van der Waals surface area contributed by atoms with Gasteiger partial charge < -0.3 is 25.0 Å². The molecule has 2 N–H and O–H groups in total. The third-order valence-corrected chi connectivity index (χ3v) is 4.63. The molecule has 2 saturated heterocycles. The molecule has 0 amide bonds. The van der Waals surface area contributed by atoms with Crippen LogP contribution in [0, 0.1) is 0 Å². The highest BCUT2D eigenvalue weighted by molar-refractivity contribution is 5.54. The van der Waals surface area contributed by atoms with Gasteiger partial charge in [-0.3, -0.25) is 0 Å². The molecule has 26 heavy (non-hydrogen) atoms. The first-order chi connectivity index (χ1) is 12.8. The topological polar surface area (TPSA) is 103 Å². The normalized spacial score (nSPS) is 18.8. The largest absolute Gasteiger partial charge is 0.460 e. The molecule has 2 aliphatic heterocycles. The van der Waals surface area contributed by atoms with E-state index in [9.17, 15) is 0 Å². The van der Waals surface area contributed by atoms with E-state index in [4.69, 9.17) is 15.2 Å². The van der Waals surface area contributed by atoms with Crippen molar-refractivity contribution in [2.45, 2.75) is 18.9 Å². The summed E-state index contributed by atoms with van der Waals surface area (Å²) in [5, 5.41) is 0. The van der Waals surface area contributed by atoms with E-state index in [0.29, 0.717) is 25.2 Å². The van der Waals surface area contributed by atoms with Gasteiger partial charge in [-0.2, -0.15) is 9.97 Å². The van der Waals surface area contributed by atoms with Crippen LogP contribution in [0.3, 0.4) is 0 Å². The second-order valence-corrected chi connectivity index (χ2v) is 6.38. The molecule has 0 saturated carbocycles. The zero-order valence-corrected chi connectivity index (χ0v) is 14.6. The average molecular weight is 357 g/mol. The summed E-state index contributed by atoms with van der Waals surface area (Å²) in [7, 11) is 0. The lowest BCUT2D eigenvalue weighted by Gasteiger charge is -2.33. The quantitative estimate of drug-likeness (QED) is 0.848. The molecule has 9 nitrogen and oxygen atoms in total. The Hall–Kier alpha value is -2.68. The summed E-state index contributed by atoms with van der Waals surface area (Å²) in [6.45, 7) is 4.76. The lowest BCUT2D eigenvalue weighted by Crippen LogP contribution is -2.40. The van der Waals surface area contributed by atoms with Crippen molar-refractivity contribution in [1.29, 1.82) is 0 Å².